The minimum Gasteiger partial charge on any atom is -0.354 e. The van der Waals surface area contributed by atoms with Crippen LogP contribution in [0.4, 0.5) is 5.69 Å². The molecule has 0 saturated heterocycles. The Morgan fingerprint density at radius 1 is 0.884 bits per heavy atom. The van der Waals surface area contributed by atoms with Gasteiger partial charge >= 0.3 is 0 Å². The van der Waals surface area contributed by atoms with Crippen molar-refractivity contribution in [3.8, 4) is 0 Å². The molecule has 0 fully saturated rings. The number of hydrogen-bond acceptors (Lipinski definition) is 4. The van der Waals surface area contributed by atoms with Crippen LogP contribution < -0.4 is 9.62 Å². The summed E-state index contributed by atoms with van der Waals surface area (Å²) < 4.78 is 26.8. The van der Waals surface area contributed by atoms with E-state index in [1.54, 1.807) is 48.2 Å². The number of benzene rings is 3. The molecule has 0 aliphatic carbocycles. The van der Waals surface area contributed by atoms with E-state index in [9.17, 15) is 18.0 Å². The topological polar surface area (TPSA) is 86.8 Å². The van der Waals surface area contributed by atoms with Crippen molar-refractivity contribution in [1.29, 1.82) is 0 Å². The van der Waals surface area contributed by atoms with Crippen molar-refractivity contribution < 1.29 is 18.0 Å². The van der Waals surface area contributed by atoms with Crippen molar-refractivity contribution in [3.63, 3.8) is 0 Å². The van der Waals surface area contributed by atoms with Gasteiger partial charge in [-0.15, -0.1) is 0 Å². The average Bonchev–Trinajstić information content (AvgIpc) is 2.95. The van der Waals surface area contributed by atoms with Gasteiger partial charge in [0, 0.05) is 37.5 Å². The van der Waals surface area contributed by atoms with Gasteiger partial charge in [0.1, 0.15) is 6.04 Å². The summed E-state index contributed by atoms with van der Waals surface area (Å²) >= 11 is 18.7. The lowest BCUT2D eigenvalue weighted by Crippen LogP contribution is -2.51. The number of nitrogens with one attached hydrogen (secondary N) is 1. The number of carbonyl (C=O) groups excluding carboxylic acids is 2. The van der Waals surface area contributed by atoms with E-state index in [2.05, 4.69) is 5.32 Å². The number of hydrogen-bond donors (Lipinski definition) is 1. The minimum absolute atomic E-state index is 0.00963. The molecule has 43 heavy (non-hydrogen) atoms. The normalized spacial score (nSPS) is 12.2. The highest BCUT2D eigenvalue weighted by Gasteiger charge is 2.31. The van der Waals surface area contributed by atoms with Crippen LogP contribution in [-0.4, -0.2) is 50.5 Å². The number of carbonyl (C=O) groups is 2. The maximum absolute atomic E-state index is 14.0. The Hall–Kier alpha value is -2.78. The second-order valence-electron chi connectivity index (χ2n) is 10.9. The summed E-state index contributed by atoms with van der Waals surface area (Å²) in [7, 11) is -3.66. The second-order valence-corrected chi connectivity index (χ2v) is 14.1. The van der Waals surface area contributed by atoms with E-state index in [4.69, 9.17) is 34.8 Å². The monoisotopic (exact) mass is 665 g/mol. The van der Waals surface area contributed by atoms with Gasteiger partial charge in [0.05, 0.1) is 22.0 Å². The van der Waals surface area contributed by atoms with E-state index >= 15 is 0 Å². The van der Waals surface area contributed by atoms with E-state index in [1.807, 2.05) is 44.2 Å². The van der Waals surface area contributed by atoms with Crippen LogP contribution in [0.2, 0.25) is 15.1 Å². The highest BCUT2D eigenvalue weighted by atomic mass is 35.5. The van der Waals surface area contributed by atoms with Gasteiger partial charge in [-0.3, -0.25) is 13.9 Å². The van der Waals surface area contributed by atoms with Gasteiger partial charge in [-0.1, -0.05) is 91.1 Å². The van der Waals surface area contributed by atoms with Gasteiger partial charge in [0.15, 0.2) is 0 Å². The van der Waals surface area contributed by atoms with Crippen molar-refractivity contribution in [2.24, 2.45) is 5.92 Å². The highest BCUT2D eigenvalue weighted by molar-refractivity contribution is 7.92. The molecule has 0 aliphatic heterocycles. The van der Waals surface area contributed by atoms with Crippen LogP contribution in [0.5, 0.6) is 0 Å². The SMILES string of the molecule is Cc1c(Cl)cccc1N(CCCC(=O)N(Cc1ccc(Cl)c(Cl)c1)C(Cc1ccccc1)C(=O)NCC(C)C)S(C)(=O)=O. The Bertz CT molecular complexity index is 1520. The summed E-state index contributed by atoms with van der Waals surface area (Å²) in [6, 6.07) is 18.9. The van der Waals surface area contributed by atoms with E-state index in [0.717, 1.165) is 11.8 Å². The summed E-state index contributed by atoms with van der Waals surface area (Å²) in [5.74, 6) is -0.335. The Balaban J connectivity index is 1.92. The first kappa shape index (κ1) is 34.7. The quantitative estimate of drug-likeness (QED) is 0.203. The Morgan fingerprint density at radius 2 is 1.58 bits per heavy atom. The summed E-state index contributed by atoms with van der Waals surface area (Å²) in [5.41, 5.74) is 2.71. The lowest BCUT2D eigenvalue weighted by molar-refractivity contribution is -0.141. The molecule has 1 atom stereocenters. The fourth-order valence-electron chi connectivity index (χ4n) is 4.66. The lowest BCUT2D eigenvalue weighted by Gasteiger charge is -2.32. The van der Waals surface area contributed by atoms with Gasteiger partial charge in [-0.05, 0) is 60.2 Å². The van der Waals surface area contributed by atoms with Gasteiger partial charge in [0.25, 0.3) is 0 Å². The van der Waals surface area contributed by atoms with Crippen molar-refractivity contribution in [3.05, 3.63) is 98.5 Å². The summed E-state index contributed by atoms with van der Waals surface area (Å²) in [6.45, 7) is 6.40. The van der Waals surface area contributed by atoms with Gasteiger partial charge < -0.3 is 10.2 Å². The number of nitrogens with zero attached hydrogens (tertiary/aromatic N) is 2. The van der Waals surface area contributed by atoms with E-state index in [0.29, 0.717) is 44.8 Å². The summed E-state index contributed by atoms with van der Waals surface area (Å²) in [5, 5.41) is 4.17. The van der Waals surface area contributed by atoms with E-state index in [-0.39, 0.29) is 43.7 Å². The minimum atomic E-state index is -3.66. The van der Waals surface area contributed by atoms with E-state index < -0.39 is 16.1 Å². The molecule has 0 spiro atoms. The standard InChI is InChI=1S/C32H38Cl3N3O4S/c1-22(2)20-36-32(40)30(19-24-10-6-5-7-11-24)37(21-25-15-16-27(34)28(35)18-25)31(39)14-9-17-38(43(4,41)42)29-13-8-12-26(33)23(29)3/h5-8,10-13,15-16,18,22,30H,9,14,17,19-21H2,1-4H3,(H,36,40). The first-order chi connectivity index (χ1) is 20.3. The van der Waals surface area contributed by atoms with Crippen molar-refractivity contribution in [2.45, 2.75) is 52.6 Å². The number of sulfonamides is 1. The number of halogens is 3. The molecular weight excluding hydrogens is 629 g/mol. The third-order valence-corrected chi connectivity index (χ3v) is 9.28. The smallest absolute Gasteiger partial charge is 0.243 e. The zero-order valence-corrected chi connectivity index (χ0v) is 27.9. The molecule has 2 amide bonds. The number of rotatable bonds is 14. The lowest BCUT2D eigenvalue weighted by atomic mass is 10.0. The third-order valence-electron chi connectivity index (χ3n) is 6.95. The average molecular weight is 667 g/mol. The largest absolute Gasteiger partial charge is 0.354 e. The van der Waals surface area contributed by atoms with Crippen LogP contribution in [0.3, 0.4) is 0 Å². The third kappa shape index (κ3) is 10.1. The molecule has 3 aromatic rings. The molecule has 0 saturated carbocycles. The molecule has 0 heterocycles. The van der Waals surface area contributed by atoms with Gasteiger partial charge in [-0.25, -0.2) is 8.42 Å². The molecular formula is C32H38Cl3N3O4S. The molecule has 1 N–H and O–H groups in total. The van der Waals surface area contributed by atoms with Crippen LogP contribution in [0, 0.1) is 12.8 Å². The molecule has 0 radical (unpaired) electrons. The van der Waals surface area contributed by atoms with Crippen molar-refractivity contribution >= 4 is 62.3 Å². The predicted octanol–water partition coefficient (Wildman–Crippen LogP) is 6.91. The second kappa shape index (κ2) is 15.8. The summed E-state index contributed by atoms with van der Waals surface area (Å²) in [6.07, 6.45) is 1.66. The highest BCUT2D eigenvalue weighted by Crippen LogP contribution is 2.29. The Kier molecular flexibility index (Phi) is 12.8. The first-order valence-electron chi connectivity index (χ1n) is 14.1. The van der Waals surface area contributed by atoms with Crippen molar-refractivity contribution in [2.75, 3.05) is 23.7 Å². The molecule has 0 bridgehead atoms. The summed E-state index contributed by atoms with van der Waals surface area (Å²) in [4.78, 5) is 29.1. The molecule has 7 nitrogen and oxygen atoms in total. The Morgan fingerprint density at radius 3 is 2.21 bits per heavy atom. The predicted molar refractivity (Wildman–Crippen MR) is 176 cm³/mol. The van der Waals surface area contributed by atoms with Gasteiger partial charge in [-0.2, -0.15) is 0 Å². The molecule has 3 rings (SSSR count). The zero-order chi connectivity index (χ0) is 31.7. The molecule has 0 aliphatic rings. The molecule has 0 aromatic heterocycles. The molecule has 232 valence electrons. The van der Waals surface area contributed by atoms with Gasteiger partial charge in [0.2, 0.25) is 21.8 Å². The molecule has 3 aromatic carbocycles. The van der Waals surface area contributed by atoms with Crippen LogP contribution in [0.25, 0.3) is 0 Å². The fourth-order valence-corrected chi connectivity index (χ4v) is 6.17. The molecule has 11 heteroatoms. The number of amides is 2. The zero-order valence-electron chi connectivity index (χ0n) is 24.8. The maximum atomic E-state index is 14.0. The van der Waals surface area contributed by atoms with Crippen LogP contribution in [0.1, 0.15) is 43.4 Å². The van der Waals surface area contributed by atoms with Crippen LogP contribution in [0.15, 0.2) is 66.7 Å². The Labute approximate surface area is 270 Å². The van der Waals surface area contributed by atoms with Crippen LogP contribution >= 0.6 is 34.8 Å². The van der Waals surface area contributed by atoms with Crippen LogP contribution in [-0.2, 0) is 32.6 Å². The van der Waals surface area contributed by atoms with E-state index in [1.165, 1.54) is 4.31 Å². The number of anilines is 1. The molecule has 1 unspecified atom stereocenters. The van der Waals surface area contributed by atoms with Crippen molar-refractivity contribution in [1.82, 2.24) is 10.2 Å². The maximum Gasteiger partial charge on any atom is 0.243 e. The fraction of sp³-hybridized carbons (Fsp3) is 0.375. The first-order valence-corrected chi connectivity index (χ1v) is 17.0.